The topological polar surface area (TPSA) is 116 Å². The highest BCUT2D eigenvalue weighted by Crippen LogP contribution is 2.38. The molecule has 4 rings (SSSR count). The standard InChI is InChI=1S/C21H23F3N4O4/c22-13-3-1-11(2-4-13)7-12-8-26-16-17-15(12)27-9-21(23,24)10-28(17)20(32)14(18(16)30)19(31)25-5-6-29/h1-3,12-13,26,29-30H,4-10H2,(H,25,31). The van der Waals surface area contributed by atoms with Gasteiger partial charge in [0.25, 0.3) is 17.4 Å². The molecule has 1 aromatic rings. The average molecular weight is 452 g/mol. The molecule has 3 aliphatic rings. The van der Waals surface area contributed by atoms with E-state index in [4.69, 9.17) is 5.11 Å². The molecule has 0 bridgehead atoms. The molecule has 0 spiro atoms. The largest absolute Gasteiger partial charge is 0.505 e. The van der Waals surface area contributed by atoms with E-state index in [0.29, 0.717) is 6.42 Å². The number of allylic oxidation sites excluding steroid dienone is 4. The van der Waals surface area contributed by atoms with Crippen LogP contribution in [0.25, 0.3) is 0 Å². The first kappa shape index (κ1) is 22.1. The minimum absolute atomic E-state index is 0.0107. The molecule has 0 aromatic carbocycles. The number of carbonyl (C=O) groups is 1. The summed E-state index contributed by atoms with van der Waals surface area (Å²) in [7, 11) is 0. The maximum atomic E-state index is 14.5. The number of aliphatic hydroxyl groups is 1. The number of pyridine rings is 1. The maximum Gasteiger partial charge on any atom is 0.284 e. The normalized spacial score (nSPS) is 23.4. The van der Waals surface area contributed by atoms with Crippen molar-refractivity contribution in [3.8, 4) is 5.75 Å². The third-order valence-corrected chi connectivity index (χ3v) is 5.69. The van der Waals surface area contributed by atoms with Crippen molar-refractivity contribution in [1.29, 1.82) is 0 Å². The van der Waals surface area contributed by atoms with E-state index in [9.17, 15) is 27.9 Å². The number of hydrogen-bond donors (Lipinski definition) is 4. The number of aromatic hydroxyl groups is 1. The first-order valence-electron chi connectivity index (χ1n) is 10.3. The van der Waals surface area contributed by atoms with Crippen LogP contribution in [0.3, 0.4) is 0 Å². The van der Waals surface area contributed by atoms with E-state index in [1.54, 1.807) is 12.2 Å². The number of hydrogen-bond acceptors (Lipinski definition) is 6. The molecular formula is C21H23F3N4O4. The van der Waals surface area contributed by atoms with E-state index in [2.05, 4.69) is 15.6 Å². The zero-order chi connectivity index (χ0) is 23.0. The van der Waals surface area contributed by atoms with Gasteiger partial charge < -0.3 is 20.8 Å². The fourth-order valence-electron chi connectivity index (χ4n) is 4.20. The molecule has 11 heteroatoms. The monoisotopic (exact) mass is 452 g/mol. The van der Waals surface area contributed by atoms with Crippen molar-refractivity contribution >= 4 is 17.3 Å². The lowest BCUT2D eigenvalue weighted by Crippen LogP contribution is -2.42. The van der Waals surface area contributed by atoms with Gasteiger partial charge in [0.05, 0.1) is 24.6 Å². The molecule has 0 saturated heterocycles. The molecule has 0 saturated carbocycles. The number of aliphatic imine (C=N–C) groups is 1. The van der Waals surface area contributed by atoms with Crippen molar-refractivity contribution in [3.05, 3.63) is 45.4 Å². The average Bonchev–Trinajstić information content (AvgIpc) is 2.90. The molecule has 3 heterocycles. The predicted molar refractivity (Wildman–Crippen MR) is 111 cm³/mol. The summed E-state index contributed by atoms with van der Waals surface area (Å²) in [6.07, 6.45) is 4.37. The highest BCUT2D eigenvalue weighted by atomic mass is 19.3. The molecule has 2 aliphatic heterocycles. The fraction of sp³-hybridized carbons (Fsp3) is 0.476. The van der Waals surface area contributed by atoms with Gasteiger partial charge in [0, 0.05) is 25.4 Å². The number of nitrogens with one attached hydrogen (secondary N) is 2. The summed E-state index contributed by atoms with van der Waals surface area (Å²) >= 11 is 0. The molecule has 32 heavy (non-hydrogen) atoms. The molecule has 0 fully saturated rings. The highest BCUT2D eigenvalue weighted by Gasteiger charge is 2.41. The summed E-state index contributed by atoms with van der Waals surface area (Å²) in [4.78, 5) is 29.6. The van der Waals surface area contributed by atoms with Crippen molar-refractivity contribution < 1.29 is 28.2 Å². The first-order valence-corrected chi connectivity index (χ1v) is 10.3. The van der Waals surface area contributed by atoms with Crippen LogP contribution in [0.2, 0.25) is 0 Å². The number of alkyl halides is 3. The maximum absolute atomic E-state index is 14.5. The Kier molecular flexibility index (Phi) is 5.85. The molecule has 2 atom stereocenters. The van der Waals surface area contributed by atoms with Gasteiger partial charge in [-0.25, -0.2) is 13.2 Å². The quantitative estimate of drug-likeness (QED) is 0.539. The van der Waals surface area contributed by atoms with E-state index in [0.717, 1.165) is 10.1 Å². The Labute approximate surface area is 181 Å². The molecule has 0 radical (unpaired) electrons. The van der Waals surface area contributed by atoms with Crippen molar-refractivity contribution in [2.24, 2.45) is 10.9 Å². The van der Waals surface area contributed by atoms with Crippen LogP contribution in [0.4, 0.5) is 18.9 Å². The van der Waals surface area contributed by atoms with Crippen LogP contribution < -0.4 is 16.2 Å². The minimum Gasteiger partial charge on any atom is -0.505 e. The van der Waals surface area contributed by atoms with Crippen molar-refractivity contribution in [1.82, 2.24) is 9.88 Å². The zero-order valence-electron chi connectivity index (χ0n) is 17.1. The summed E-state index contributed by atoms with van der Waals surface area (Å²) in [6, 6.07) is 0. The zero-order valence-corrected chi connectivity index (χ0v) is 17.1. The Morgan fingerprint density at radius 2 is 2.19 bits per heavy atom. The van der Waals surface area contributed by atoms with Gasteiger partial charge in [-0.15, -0.1) is 0 Å². The van der Waals surface area contributed by atoms with Gasteiger partial charge in [-0.1, -0.05) is 23.8 Å². The third kappa shape index (κ3) is 4.04. The van der Waals surface area contributed by atoms with Gasteiger partial charge in [-0.05, 0) is 6.42 Å². The number of aromatic nitrogens is 1. The first-order chi connectivity index (χ1) is 15.2. The van der Waals surface area contributed by atoms with Gasteiger partial charge in [0.2, 0.25) is 0 Å². The van der Waals surface area contributed by atoms with Gasteiger partial charge in [0.1, 0.15) is 24.0 Å². The van der Waals surface area contributed by atoms with Gasteiger partial charge in [-0.2, -0.15) is 0 Å². The molecule has 2 unspecified atom stereocenters. The Hall–Kier alpha value is -3.08. The number of halogens is 3. The minimum atomic E-state index is -3.34. The molecule has 1 amide bonds. The number of carbonyl (C=O) groups excluding carboxylic acids is 1. The highest BCUT2D eigenvalue weighted by molar-refractivity contribution is 6.10. The molecule has 1 aliphatic carbocycles. The Morgan fingerprint density at radius 3 is 2.88 bits per heavy atom. The van der Waals surface area contributed by atoms with Gasteiger partial charge in [0.15, 0.2) is 5.75 Å². The number of amides is 1. The lowest BCUT2D eigenvalue weighted by atomic mass is 9.86. The molecule has 4 N–H and O–H groups in total. The Morgan fingerprint density at radius 1 is 1.41 bits per heavy atom. The smallest absolute Gasteiger partial charge is 0.284 e. The van der Waals surface area contributed by atoms with Crippen LogP contribution in [0.1, 0.15) is 28.9 Å². The van der Waals surface area contributed by atoms with Gasteiger partial charge >= 0.3 is 0 Å². The molecular weight excluding hydrogens is 429 g/mol. The van der Waals surface area contributed by atoms with Crippen LogP contribution in [0, 0.1) is 5.92 Å². The summed E-state index contributed by atoms with van der Waals surface area (Å²) in [5.74, 6) is -5.36. The molecule has 172 valence electrons. The van der Waals surface area contributed by atoms with E-state index < -0.39 is 60.5 Å². The van der Waals surface area contributed by atoms with Gasteiger partial charge in [-0.3, -0.25) is 19.1 Å². The number of rotatable bonds is 5. The number of anilines is 1. The number of nitrogens with zero attached hydrogens (tertiary/aromatic N) is 2. The second-order valence-electron chi connectivity index (χ2n) is 8.05. The van der Waals surface area contributed by atoms with Crippen LogP contribution in [-0.4, -0.2) is 64.7 Å². The fourth-order valence-corrected chi connectivity index (χ4v) is 4.20. The van der Waals surface area contributed by atoms with Crippen LogP contribution in [-0.2, 0) is 6.54 Å². The SMILES string of the molecule is O=C(NCCO)c1c(O)c2c3n(c1=O)CC(F)(F)CN=C3C(CC1=CCC(F)C=C1)CN2. The van der Waals surface area contributed by atoms with Crippen molar-refractivity contribution in [2.75, 3.05) is 31.6 Å². The molecule has 8 nitrogen and oxygen atoms in total. The summed E-state index contributed by atoms with van der Waals surface area (Å²) in [5.41, 5.74) is -0.655. The second kappa shape index (κ2) is 8.45. The van der Waals surface area contributed by atoms with E-state index in [-0.39, 0.29) is 36.6 Å². The molecule has 1 aromatic heterocycles. The summed E-state index contributed by atoms with van der Waals surface area (Å²) in [5, 5.41) is 24.8. The summed E-state index contributed by atoms with van der Waals surface area (Å²) in [6.45, 7) is -2.19. The van der Waals surface area contributed by atoms with E-state index in [1.165, 1.54) is 6.08 Å². The predicted octanol–water partition coefficient (Wildman–Crippen LogP) is 1.37. The van der Waals surface area contributed by atoms with E-state index in [1.807, 2.05) is 0 Å². The second-order valence-corrected chi connectivity index (χ2v) is 8.05. The Balaban J connectivity index is 1.80. The lowest BCUT2D eigenvalue weighted by Gasteiger charge is -2.31. The van der Waals surface area contributed by atoms with Crippen LogP contribution >= 0.6 is 0 Å². The number of aliphatic hydroxyl groups excluding tert-OH is 1. The van der Waals surface area contributed by atoms with Crippen LogP contribution in [0.5, 0.6) is 5.75 Å². The van der Waals surface area contributed by atoms with Crippen molar-refractivity contribution in [3.63, 3.8) is 0 Å². The third-order valence-electron chi connectivity index (χ3n) is 5.69. The summed E-state index contributed by atoms with van der Waals surface area (Å²) < 4.78 is 43.2. The van der Waals surface area contributed by atoms with Crippen molar-refractivity contribution in [2.45, 2.75) is 31.5 Å². The van der Waals surface area contributed by atoms with Crippen LogP contribution in [0.15, 0.2) is 33.6 Å². The lowest BCUT2D eigenvalue weighted by molar-refractivity contribution is -0.00579. The van der Waals surface area contributed by atoms with E-state index >= 15 is 0 Å². The Bertz CT molecular complexity index is 1090.